The van der Waals surface area contributed by atoms with Crippen molar-refractivity contribution in [2.24, 2.45) is 11.0 Å². The van der Waals surface area contributed by atoms with Crippen LogP contribution in [0.15, 0.2) is 34.3 Å². The molecule has 2 N–H and O–H groups in total. The molecule has 0 radical (unpaired) electrons. The van der Waals surface area contributed by atoms with Crippen molar-refractivity contribution in [3.8, 4) is 0 Å². The highest BCUT2D eigenvalue weighted by molar-refractivity contribution is 7.89. The SMILES string of the molecule is Cc1ccc(S(=O)(=O)N2[C@H](CO)C[C@@H](CN=[N+]=[N-])C[C@@H]2CO)cc1. The van der Waals surface area contributed by atoms with Gasteiger partial charge in [-0.2, -0.15) is 4.31 Å². The molecule has 9 heteroatoms. The van der Waals surface area contributed by atoms with Crippen LogP contribution in [-0.2, 0) is 10.0 Å². The molecule has 1 aromatic rings. The molecule has 1 aromatic carbocycles. The Morgan fingerprint density at radius 2 is 1.75 bits per heavy atom. The van der Waals surface area contributed by atoms with E-state index >= 15 is 0 Å². The van der Waals surface area contributed by atoms with Crippen molar-refractivity contribution in [3.63, 3.8) is 0 Å². The Bertz CT molecular complexity index is 687. The van der Waals surface area contributed by atoms with E-state index in [1.165, 1.54) is 16.4 Å². The molecule has 1 heterocycles. The maximum Gasteiger partial charge on any atom is 0.243 e. The summed E-state index contributed by atoms with van der Waals surface area (Å²) in [6, 6.07) is 5.17. The van der Waals surface area contributed by atoms with Crippen LogP contribution in [0.1, 0.15) is 18.4 Å². The van der Waals surface area contributed by atoms with Gasteiger partial charge in [-0.15, -0.1) is 0 Å². The van der Waals surface area contributed by atoms with Gasteiger partial charge in [0.15, 0.2) is 0 Å². The minimum atomic E-state index is -3.84. The van der Waals surface area contributed by atoms with Crippen LogP contribution in [0.25, 0.3) is 10.4 Å². The first-order valence-corrected chi connectivity index (χ1v) is 9.20. The van der Waals surface area contributed by atoms with E-state index in [-0.39, 0.29) is 30.6 Å². The van der Waals surface area contributed by atoms with Gasteiger partial charge in [0.25, 0.3) is 0 Å². The topological polar surface area (TPSA) is 127 Å². The molecule has 3 atom stereocenters. The maximum atomic E-state index is 13.0. The van der Waals surface area contributed by atoms with Crippen LogP contribution in [0.4, 0.5) is 0 Å². The van der Waals surface area contributed by atoms with Gasteiger partial charge in [-0.05, 0) is 43.3 Å². The second-order valence-electron chi connectivity index (χ2n) is 6.07. The number of piperidine rings is 1. The fourth-order valence-corrected chi connectivity index (χ4v) is 5.02. The Morgan fingerprint density at radius 1 is 1.21 bits per heavy atom. The predicted octanol–water partition coefficient (Wildman–Crippen LogP) is 1.43. The van der Waals surface area contributed by atoms with E-state index in [0.717, 1.165) is 5.56 Å². The number of aliphatic hydroxyl groups excluding tert-OH is 2. The third-order valence-electron chi connectivity index (χ3n) is 4.35. The summed E-state index contributed by atoms with van der Waals surface area (Å²) in [5, 5.41) is 22.9. The predicted molar refractivity (Wildman–Crippen MR) is 88.7 cm³/mol. The zero-order valence-electron chi connectivity index (χ0n) is 13.5. The standard InChI is InChI=1S/C15H22N4O4S/c1-11-2-4-15(5-3-11)24(22,23)19-13(9-20)6-12(8-17-18-16)7-14(19)10-21/h2-5,12-14,20-21H,6-10H2,1H3/t12-,13+,14-. The lowest BCUT2D eigenvalue weighted by Gasteiger charge is -2.42. The highest BCUT2D eigenvalue weighted by atomic mass is 32.2. The lowest BCUT2D eigenvalue weighted by atomic mass is 9.88. The number of hydrogen-bond acceptors (Lipinski definition) is 5. The van der Waals surface area contributed by atoms with Crippen molar-refractivity contribution in [3.05, 3.63) is 40.3 Å². The summed E-state index contributed by atoms with van der Waals surface area (Å²) in [6.45, 7) is 1.38. The van der Waals surface area contributed by atoms with Crippen LogP contribution in [0.2, 0.25) is 0 Å². The van der Waals surface area contributed by atoms with Crippen molar-refractivity contribution in [2.75, 3.05) is 19.8 Å². The summed E-state index contributed by atoms with van der Waals surface area (Å²) in [5.41, 5.74) is 9.39. The Labute approximate surface area is 141 Å². The number of hydrogen-bond donors (Lipinski definition) is 2. The molecule has 8 nitrogen and oxygen atoms in total. The zero-order chi connectivity index (χ0) is 17.7. The first-order chi connectivity index (χ1) is 11.4. The number of rotatable bonds is 6. The third-order valence-corrected chi connectivity index (χ3v) is 6.37. The van der Waals surface area contributed by atoms with Crippen molar-refractivity contribution < 1.29 is 18.6 Å². The zero-order valence-corrected chi connectivity index (χ0v) is 14.3. The minimum Gasteiger partial charge on any atom is -0.395 e. The number of aryl methyl sites for hydroxylation is 1. The smallest absolute Gasteiger partial charge is 0.243 e. The van der Waals surface area contributed by atoms with Gasteiger partial charge < -0.3 is 10.2 Å². The summed E-state index contributed by atoms with van der Waals surface area (Å²) >= 11 is 0. The van der Waals surface area contributed by atoms with Gasteiger partial charge in [-0.3, -0.25) is 0 Å². The van der Waals surface area contributed by atoms with E-state index in [2.05, 4.69) is 10.0 Å². The molecule has 2 rings (SSSR count). The second-order valence-corrected chi connectivity index (χ2v) is 7.91. The Balaban J connectivity index is 2.35. The van der Waals surface area contributed by atoms with Gasteiger partial charge in [-0.1, -0.05) is 22.8 Å². The molecule has 0 unspecified atom stereocenters. The normalized spacial score (nSPS) is 25.2. The highest BCUT2D eigenvalue weighted by Gasteiger charge is 2.42. The molecule has 24 heavy (non-hydrogen) atoms. The van der Waals surface area contributed by atoms with Gasteiger partial charge in [0.1, 0.15) is 0 Å². The summed E-state index contributed by atoms with van der Waals surface area (Å²) in [7, 11) is -3.84. The molecule has 1 fully saturated rings. The van der Waals surface area contributed by atoms with Crippen LogP contribution < -0.4 is 0 Å². The fraction of sp³-hybridized carbons (Fsp3) is 0.600. The Hall–Kier alpha value is -1.64. The number of sulfonamides is 1. The van der Waals surface area contributed by atoms with Crippen LogP contribution in [0.5, 0.6) is 0 Å². The molecule has 1 aliphatic heterocycles. The van der Waals surface area contributed by atoms with E-state index in [0.29, 0.717) is 12.8 Å². The van der Waals surface area contributed by atoms with E-state index < -0.39 is 22.1 Å². The summed E-state index contributed by atoms with van der Waals surface area (Å²) in [4.78, 5) is 2.86. The minimum absolute atomic E-state index is 0.0698. The first kappa shape index (κ1) is 18.7. The summed E-state index contributed by atoms with van der Waals surface area (Å²) in [6.07, 6.45) is 0.772. The quantitative estimate of drug-likeness (QED) is 0.455. The van der Waals surface area contributed by atoms with E-state index in [4.69, 9.17) is 5.53 Å². The molecule has 132 valence electrons. The third kappa shape index (κ3) is 3.88. The monoisotopic (exact) mass is 354 g/mol. The average molecular weight is 354 g/mol. The van der Waals surface area contributed by atoms with Gasteiger partial charge in [-0.25, -0.2) is 8.42 Å². The van der Waals surface area contributed by atoms with E-state index in [9.17, 15) is 18.6 Å². The maximum absolute atomic E-state index is 13.0. The molecule has 0 bridgehead atoms. The van der Waals surface area contributed by atoms with Gasteiger partial charge in [0, 0.05) is 23.5 Å². The molecule has 0 aliphatic carbocycles. The van der Waals surface area contributed by atoms with Gasteiger partial charge >= 0.3 is 0 Å². The highest BCUT2D eigenvalue weighted by Crippen LogP contribution is 2.33. The van der Waals surface area contributed by atoms with E-state index in [1.807, 2.05) is 6.92 Å². The van der Waals surface area contributed by atoms with Crippen LogP contribution in [0, 0.1) is 12.8 Å². The molecular formula is C15H22N4O4S. The lowest BCUT2D eigenvalue weighted by Crippen LogP contribution is -2.55. The van der Waals surface area contributed by atoms with Crippen molar-refractivity contribution in [1.29, 1.82) is 0 Å². The molecule has 0 saturated carbocycles. The number of azide groups is 1. The summed E-state index contributed by atoms with van der Waals surface area (Å²) < 4.78 is 27.2. The molecule has 0 spiro atoms. The molecule has 1 saturated heterocycles. The van der Waals surface area contributed by atoms with Crippen molar-refractivity contribution in [2.45, 2.75) is 36.7 Å². The van der Waals surface area contributed by atoms with E-state index in [1.54, 1.807) is 12.1 Å². The van der Waals surface area contributed by atoms with Gasteiger partial charge in [0.2, 0.25) is 10.0 Å². The Kier molecular flexibility index (Phi) is 6.20. The number of nitrogens with zero attached hydrogens (tertiary/aromatic N) is 4. The molecule has 0 amide bonds. The van der Waals surface area contributed by atoms with Crippen LogP contribution in [-0.4, -0.2) is 54.8 Å². The molecule has 1 aliphatic rings. The Morgan fingerprint density at radius 3 is 2.21 bits per heavy atom. The number of benzene rings is 1. The lowest BCUT2D eigenvalue weighted by molar-refractivity contribution is 0.0569. The van der Waals surface area contributed by atoms with Crippen molar-refractivity contribution >= 4 is 10.0 Å². The van der Waals surface area contributed by atoms with Crippen LogP contribution in [0.3, 0.4) is 0 Å². The van der Waals surface area contributed by atoms with Crippen molar-refractivity contribution in [1.82, 2.24) is 4.31 Å². The average Bonchev–Trinajstić information content (AvgIpc) is 2.59. The molecule has 0 aromatic heterocycles. The molecular weight excluding hydrogens is 332 g/mol. The largest absolute Gasteiger partial charge is 0.395 e. The van der Waals surface area contributed by atoms with Gasteiger partial charge in [0.05, 0.1) is 18.1 Å². The number of aliphatic hydroxyl groups is 2. The summed E-state index contributed by atoms with van der Waals surface area (Å²) in [5.74, 6) is -0.0698. The second kappa shape index (κ2) is 7.96. The van der Waals surface area contributed by atoms with Crippen LogP contribution >= 0.6 is 0 Å². The fourth-order valence-electron chi connectivity index (χ4n) is 3.21. The first-order valence-electron chi connectivity index (χ1n) is 7.76.